The van der Waals surface area contributed by atoms with Crippen LogP contribution >= 0.6 is 34.5 Å². The Morgan fingerprint density at radius 3 is 2.55 bits per heavy atom. The largest absolute Gasteiger partial charge is 0.480 e. The van der Waals surface area contributed by atoms with Crippen molar-refractivity contribution in [1.82, 2.24) is 4.90 Å². The van der Waals surface area contributed by atoms with Crippen molar-refractivity contribution in [1.29, 1.82) is 0 Å². The number of aliphatic carboxylic acids is 1. The third kappa shape index (κ3) is 3.15. The first kappa shape index (κ1) is 15.8. The van der Waals surface area contributed by atoms with Crippen LogP contribution in [0.2, 0.25) is 9.36 Å². The summed E-state index contributed by atoms with van der Waals surface area (Å²) < 4.78 is 0.708. The Kier molecular flexibility index (Phi) is 4.73. The van der Waals surface area contributed by atoms with E-state index in [4.69, 9.17) is 23.2 Å². The second-order valence-electron chi connectivity index (χ2n) is 5.33. The summed E-state index contributed by atoms with van der Waals surface area (Å²) in [6.07, 6.45) is 1.57. The molecule has 2 unspecified atom stereocenters. The van der Waals surface area contributed by atoms with E-state index in [9.17, 15) is 9.90 Å². The van der Waals surface area contributed by atoms with Crippen molar-refractivity contribution in [3.05, 3.63) is 56.2 Å². The second-order valence-corrected chi connectivity index (χ2v) is 7.51. The SMILES string of the molecule is O=C(O)C1CCCN1C(c1ccc(Cl)cc1)c1ccc(Cl)s1. The molecule has 2 atom stereocenters. The maximum absolute atomic E-state index is 11.6. The molecule has 6 heteroatoms. The molecule has 1 aliphatic rings. The fourth-order valence-corrected chi connectivity index (χ4v) is 4.34. The number of carbonyl (C=O) groups is 1. The van der Waals surface area contributed by atoms with Gasteiger partial charge < -0.3 is 5.11 Å². The van der Waals surface area contributed by atoms with Crippen LogP contribution in [0.1, 0.15) is 29.3 Å². The summed E-state index contributed by atoms with van der Waals surface area (Å²) in [5.41, 5.74) is 1.04. The normalized spacial score (nSPS) is 20.2. The molecule has 22 heavy (non-hydrogen) atoms. The zero-order chi connectivity index (χ0) is 15.7. The number of benzene rings is 1. The molecular weight excluding hydrogens is 341 g/mol. The lowest BCUT2D eigenvalue weighted by Crippen LogP contribution is -2.38. The molecule has 3 rings (SSSR count). The minimum absolute atomic E-state index is 0.0987. The molecule has 1 N–H and O–H groups in total. The summed E-state index contributed by atoms with van der Waals surface area (Å²) >= 11 is 13.6. The molecule has 116 valence electrons. The Bertz CT molecular complexity index is 671. The predicted octanol–water partition coefficient (Wildman–Crippen LogP) is 4.69. The standard InChI is InChI=1S/C16H15Cl2NO2S/c17-11-5-3-10(4-6-11)15(13-7-8-14(18)22-13)19-9-1-2-12(19)16(20)21/h3-8,12,15H,1-2,9H2,(H,20,21). The molecule has 2 heterocycles. The number of rotatable bonds is 4. The van der Waals surface area contributed by atoms with Gasteiger partial charge in [-0.3, -0.25) is 9.69 Å². The number of halogens is 2. The lowest BCUT2D eigenvalue weighted by atomic mass is 10.0. The third-order valence-corrected chi connectivity index (χ3v) is 5.50. The van der Waals surface area contributed by atoms with Crippen molar-refractivity contribution < 1.29 is 9.90 Å². The number of hydrogen-bond donors (Lipinski definition) is 1. The van der Waals surface area contributed by atoms with E-state index in [1.807, 2.05) is 41.3 Å². The number of thiophene rings is 1. The number of carboxylic acid groups (broad SMARTS) is 1. The lowest BCUT2D eigenvalue weighted by molar-refractivity contribution is -0.142. The molecule has 0 radical (unpaired) electrons. The summed E-state index contributed by atoms with van der Waals surface area (Å²) in [7, 11) is 0. The average molecular weight is 356 g/mol. The Balaban J connectivity index is 2.03. The highest BCUT2D eigenvalue weighted by molar-refractivity contribution is 7.16. The summed E-state index contributed by atoms with van der Waals surface area (Å²) in [6.45, 7) is 0.764. The Morgan fingerprint density at radius 1 is 1.23 bits per heavy atom. The highest BCUT2D eigenvalue weighted by Crippen LogP contribution is 2.39. The van der Waals surface area contributed by atoms with Gasteiger partial charge in [-0.2, -0.15) is 0 Å². The van der Waals surface area contributed by atoms with Gasteiger partial charge in [0.05, 0.1) is 10.4 Å². The van der Waals surface area contributed by atoms with Crippen molar-refractivity contribution in [3.63, 3.8) is 0 Å². The van der Waals surface area contributed by atoms with E-state index in [-0.39, 0.29) is 6.04 Å². The highest BCUT2D eigenvalue weighted by atomic mass is 35.5. The summed E-state index contributed by atoms with van der Waals surface area (Å²) in [5, 5.41) is 10.2. The molecule has 1 aromatic carbocycles. The van der Waals surface area contributed by atoms with E-state index < -0.39 is 12.0 Å². The number of likely N-dealkylation sites (tertiary alicyclic amines) is 1. The fourth-order valence-electron chi connectivity index (χ4n) is 3.00. The summed E-state index contributed by atoms with van der Waals surface area (Å²) in [6, 6.07) is 10.9. The Labute approximate surface area is 143 Å². The average Bonchev–Trinajstić information content (AvgIpc) is 3.11. The zero-order valence-electron chi connectivity index (χ0n) is 11.7. The smallest absolute Gasteiger partial charge is 0.320 e. The van der Waals surface area contributed by atoms with Crippen LogP contribution in [0.4, 0.5) is 0 Å². The van der Waals surface area contributed by atoms with E-state index in [1.54, 1.807) is 0 Å². The number of carboxylic acids is 1. The molecule has 1 fully saturated rings. The van der Waals surface area contributed by atoms with Crippen LogP contribution in [0.3, 0.4) is 0 Å². The lowest BCUT2D eigenvalue weighted by Gasteiger charge is -2.31. The second kappa shape index (κ2) is 6.59. The molecule has 0 aliphatic carbocycles. The fraction of sp³-hybridized carbons (Fsp3) is 0.312. The van der Waals surface area contributed by atoms with Crippen LogP contribution < -0.4 is 0 Å². The van der Waals surface area contributed by atoms with Crippen LogP contribution in [-0.2, 0) is 4.79 Å². The van der Waals surface area contributed by atoms with Gasteiger partial charge in [-0.15, -0.1) is 11.3 Å². The van der Waals surface area contributed by atoms with Gasteiger partial charge in [0.25, 0.3) is 0 Å². The topological polar surface area (TPSA) is 40.5 Å². The van der Waals surface area contributed by atoms with Crippen molar-refractivity contribution >= 4 is 40.5 Å². The molecular formula is C16H15Cl2NO2S. The Morgan fingerprint density at radius 2 is 1.95 bits per heavy atom. The van der Waals surface area contributed by atoms with Gasteiger partial charge in [0.15, 0.2) is 0 Å². The highest BCUT2D eigenvalue weighted by Gasteiger charge is 2.37. The van der Waals surface area contributed by atoms with E-state index >= 15 is 0 Å². The molecule has 0 saturated carbocycles. The van der Waals surface area contributed by atoms with Crippen LogP contribution in [0.25, 0.3) is 0 Å². The van der Waals surface area contributed by atoms with Crippen molar-refractivity contribution in [2.24, 2.45) is 0 Å². The first-order valence-corrected chi connectivity index (χ1v) is 8.63. The summed E-state index contributed by atoms with van der Waals surface area (Å²) in [4.78, 5) is 14.7. The van der Waals surface area contributed by atoms with Gasteiger partial charge in [0, 0.05) is 16.4 Å². The predicted molar refractivity (Wildman–Crippen MR) is 90.0 cm³/mol. The minimum Gasteiger partial charge on any atom is -0.480 e. The maximum atomic E-state index is 11.6. The molecule has 1 aliphatic heterocycles. The molecule has 1 saturated heterocycles. The van der Waals surface area contributed by atoms with Crippen molar-refractivity contribution in [3.8, 4) is 0 Å². The first-order chi connectivity index (χ1) is 10.6. The van der Waals surface area contributed by atoms with E-state index in [2.05, 4.69) is 0 Å². The van der Waals surface area contributed by atoms with Crippen LogP contribution in [-0.4, -0.2) is 28.6 Å². The van der Waals surface area contributed by atoms with Gasteiger partial charge in [0.1, 0.15) is 6.04 Å². The molecule has 1 aromatic heterocycles. The number of nitrogens with zero attached hydrogens (tertiary/aromatic N) is 1. The van der Waals surface area contributed by atoms with E-state index in [1.165, 1.54) is 11.3 Å². The molecule has 0 bridgehead atoms. The quantitative estimate of drug-likeness (QED) is 0.864. The van der Waals surface area contributed by atoms with Crippen LogP contribution in [0.5, 0.6) is 0 Å². The van der Waals surface area contributed by atoms with E-state index in [0.717, 1.165) is 23.4 Å². The van der Waals surface area contributed by atoms with Crippen LogP contribution in [0.15, 0.2) is 36.4 Å². The molecule has 2 aromatic rings. The Hall–Kier alpha value is -1.07. The number of hydrogen-bond acceptors (Lipinski definition) is 3. The summed E-state index contributed by atoms with van der Waals surface area (Å²) in [5.74, 6) is -0.765. The maximum Gasteiger partial charge on any atom is 0.320 e. The third-order valence-electron chi connectivity index (χ3n) is 3.96. The van der Waals surface area contributed by atoms with Crippen molar-refractivity contribution in [2.45, 2.75) is 24.9 Å². The first-order valence-electron chi connectivity index (χ1n) is 7.05. The van der Waals surface area contributed by atoms with Gasteiger partial charge in [-0.05, 0) is 42.7 Å². The van der Waals surface area contributed by atoms with Gasteiger partial charge in [-0.25, -0.2) is 0 Å². The minimum atomic E-state index is -0.765. The van der Waals surface area contributed by atoms with Gasteiger partial charge in [0.2, 0.25) is 0 Å². The van der Waals surface area contributed by atoms with Gasteiger partial charge in [-0.1, -0.05) is 35.3 Å². The molecule has 0 spiro atoms. The molecule has 3 nitrogen and oxygen atoms in total. The van der Waals surface area contributed by atoms with E-state index in [0.29, 0.717) is 15.8 Å². The van der Waals surface area contributed by atoms with Crippen LogP contribution in [0, 0.1) is 0 Å². The zero-order valence-corrected chi connectivity index (χ0v) is 14.0. The van der Waals surface area contributed by atoms with Crippen molar-refractivity contribution in [2.75, 3.05) is 6.54 Å². The molecule has 0 amide bonds. The van der Waals surface area contributed by atoms with Gasteiger partial charge >= 0.3 is 5.97 Å². The monoisotopic (exact) mass is 355 g/mol.